The summed E-state index contributed by atoms with van der Waals surface area (Å²) in [6, 6.07) is 7.92. The summed E-state index contributed by atoms with van der Waals surface area (Å²) in [4.78, 5) is 13.9. The minimum absolute atomic E-state index is 0.0116. The van der Waals surface area contributed by atoms with Gasteiger partial charge in [0.05, 0.1) is 15.4 Å². The average molecular weight is 385 g/mol. The molecule has 0 radical (unpaired) electrons. The van der Waals surface area contributed by atoms with Gasteiger partial charge in [-0.1, -0.05) is 18.2 Å². The van der Waals surface area contributed by atoms with Crippen LogP contribution in [0, 0.1) is 6.92 Å². The Morgan fingerprint density at radius 1 is 1.08 bits per heavy atom. The van der Waals surface area contributed by atoms with Crippen molar-refractivity contribution < 1.29 is 26.4 Å². The van der Waals surface area contributed by atoms with E-state index < -0.39 is 43.9 Å². The molecule has 0 atom stereocenters. The molecule has 0 aliphatic rings. The molecule has 138 valence electrons. The Kier molecular flexibility index (Phi) is 5.08. The third-order valence-electron chi connectivity index (χ3n) is 3.44. The minimum atomic E-state index is -5.02. The second kappa shape index (κ2) is 6.79. The van der Waals surface area contributed by atoms with Gasteiger partial charge >= 0.3 is 6.18 Å². The van der Waals surface area contributed by atoms with Crippen LogP contribution >= 0.6 is 0 Å². The van der Waals surface area contributed by atoms with Gasteiger partial charge in [0, 0.05) is 5.56 Å². The van der Waals surface area contributed by atoms with E-state index in [9.17, 15) is 26.4 Å². The number of aliphatic imine (C=N–C) groups is 1. The number of nitrogens with two attached hydrogens (primary N) is 2. The van der Waals surface area contributed by atoms with Crippen LogP contribution in [-0.4, -0.2) is 20.3 Å². The molecule has 26 heavy (non-hydrogen) atoms. The molecule has 4 N–H and O–H groups in total. The Labute approximate surface area is 147 Å². The van der Waals surface area contributed by atoms with E-state index in [2.05, 4.69) is 4.99 Å². The quantitative estimate of drug-likeness (QED) is 0.621. The normalized spacial score (nSPS) is 11.8. The van der Waals surface area contributed by atoms with Crippen molar-refractivity contribution in [3.63, 3.8) is 0 Å². The highest BCUT2D eigenvalue weighted by Crippen LogP contribution is 2.38. The van der Waals surface area contributed by atoms with Gasteiger partial charge < -0.3 is 11.5 Å². The maximum absolute atomic E-state index is 13.5. The zero-order valence-electron chi connectivity index (χ0n) is 13.4. The van der Waals surface area contributed by atoms with Crippen molar-refractivity contribution in [3.05, 3.63) is 59.2 Å². The van der Waals surface area contributed by atoms with Crippen molar-refractivity contribution in [3.8, 4) is 0 Å². The number of carbonyl (C=O) groups excluding carboxylic acids is 1. The van der Waals surface area contributed by atoms with Gasteiger partial charge in [0.2, 0.25) is 9.84 Å². The highest BCUT2D eigenvalue weighted by molar-refractivity contribution is 7.91. The summed E-state index contributed by atoms with van der Waals surface area (Å²) < 4.78 is 65.7. The lowest BCUT2D eigenvalue weighted by atomic mass is 10.0. The molecule has 2 rings (SSSR count). The van der Waals surface area contributed by atoms with Crippen LogP contribution in [0.4, 0.5) is 13.2 Å². The topological polar surface area (TPSA) is 116 Å². The monoisotopic (exact) mass is 385 g/mol. The summed E-state index contributed by atoms with van der Waals surface area (Å²) in [6.07, 6.45) is -5.02. The van der Waals surface area contributed by atoms with E-state index in [0.717, 1.165) is 6.07 Å². The molecule has 0 saturated carbocycles. The number of sulfone groups is 1. The number of rotatable bonds is 3. The zero-order valence-corrected chi connectivity index (χ0v) is 14.2. The number of amides is 1. The molecule has 0 unspecified atom stereocenters. The molecule has 2 aromatic carbocycles. The number of hydrogen-bond donors (Lipinski definition) is 2. The van der Waals surface area contributed by atoms with E-state index in [4.69, 9.17) is 11.5 Å². The number of hydrogen-bond acceptors (Lipinski definition) is 3. The highest BCUT2D eigenvalue weighted by Gasteiger charge is 2.39. The summed E-state index contributed by atoms with van der Waals surface area (Å²) >= 11 is 0. The number of halogens is 3. The Morgan fingerprint density at radius 3 is 2.15 bits per heavy atom. The second-order valence-electron chi connectivity index (χ2n) is 5.32. The largest absolute Gasteiger partial charge is 0.417 e. The van der Waals surface area contributed by atoms with Crippen molar-refractivity contribution in [1.29, 1.82) is 0 Å². The summed E-state index contributed by atoms with van der Waals surface area (Å²) in [5.41, 5.74) is 8.21. The van der Waals surface area contributed by atoms with Crippen LogP contribution in [0.5, 0.6) is 0 Å². The van der Waals surface area contributed by atoms with E-state index in [0.29, 0.717) is 6.07 Å². The van der Waals surface area contributed by atoms with Gasteiger partial charge in [-0.3, -0.25) is 4.79 Å². The van der Waals surface area contributed by atoms with Crippen LogP contribution in [-0.2, 0) is 16.0 Å². The lowest BCUT2D eigenvalue weighted by molar-refractivity contribution is -0.139. The highest BCUT2D eigenvalue weighted by atomic mass is 32.2. The van der Waals surface area contributed by atoms with Crippen molar-refractivity contribution in [1.82, 2.24) is 0 Å². The van der Waals surface area contributed by atoms with Gasteiger partial charge in [-0.15, -0.1) is 0 Å². The third-order valence-corrected chi connectivity index (χ3v) is 5.25. The molecule has 1 amide bonds. The molecule has 10 heteroatoms. The average Bonchev–Trinajstić information content (AvgIpc) is 2.53. The van der Waals surface area contributed by atoms with Gasteiger partial charge in [-0.2, -0.15) is 18.2 Å². The molecule has 0 aliphatic heterocycles. The van der Waals surface area contributed by atoms with Gasteiger partial charge in [0.1, 0.15) is 0 Å². The van der Waals surface area contributed by atoms with Crippen LogP contribution in [0.2, 0.25) is 0 Å². The molecule has 0 fully saturated rings. The van der Waals surface area contributed by atoms with Crippen molar-refractivity contribution in [2.24, 2.45) is 16.5 Å². The fourth-order valence-electron chi connectivity index (χ4n) is 2.26. The molecular weight excluding hydrogens is 371 g/mol. The van der Waals surface area contributed by atoms with Crippen molar-refractivity contribution >= 4 is 21.7 Å². The first kappa shape index (κ1) is 19.4. The number of guanidine groups is 1. The summed E-state index contributed by atoms with van der Waals surface area (Å²) in [6.45, 7) is 1.29. The molecule has 0 heterocycles. The van der Waals surface area contributed by atoms with E-state index in [1.165, 1.54) is 37.3 Å². The first-order valence-corrected chi connectivity index (χ1v) is 8.59. The SMILES string of the molecule is Cc1cc(S(=O)(=O)c2ccccc2)c(C(F)(F)F)cc1C(=O)N=C(N)N. The maximum Gasteiger partial charge on any atom is 0.417 e. The number of nitrogens with zero attached hydrogens (tertiary/aromatic N) is 1. The Hall–Kier alpha value is -2.88. The number of benzene rings is 2. The molecular formula is C16H14F3N3O3S. The molecule has 0 saturated heterocycles. The maximum atomic E-state index is 13.5. The van der Waals surface area contributed by atoms with E-state index in [1.807, 2.05) is 0 Å². The predicted octanol–water partition coefficient (Wildman–Crippen LogP) is 2.26. The first-order valence-electron chi connectivity index (χ1n) is 7.10. The molecule has 0 aromatic heterocycles. The Bertz CT molecular complexity index is 981. The zero-order chi connectivity index (χ0) is 19.7. The minimum Gasteiger partial charge on any atom is -0.370 e. The van der Waals surface area contributed by atoms with Crippen LogP contribution < -0.4 is 11.5 Å². The van der Waals surface area contributed by atoms with Crippen LogP contribution in [0.1, 0.15) is 21.5 Å². The molecule has 0 aliphatic carbocycles. The molecule has 0 spiro atoms. The van der Waals surface area contributed by atoms with Crippen molar-refractivity contribution in [2.75, 3.05) is 0 Å². The second-order valence-corrected chi connectivity index (χ2v) is 7.24. The fraction of sp³-hybridized carbons (Fsp3) is 0.125. The number of alkyl halides is 3. The van der Waals surface area contributed by atoms with Gasteiger partial charge in [0.15, 0.2) is 5.96 Å². The molecule has 0 bridgehead atoms. The lowest BCUT2D eigenvalue weighted by Crippen LogP contribution is -2.24. The smallest absolute Gasteiger partial charge is 0.370 e. The molecule has 6 nitrogen and oxygen atoms in total. The van der Waals surface area contributed by atoms with Crippen LogP contribution in [0.25, 0.3) is 0 Å². The predicted molar refractivity (Wildman–Crippen MR) is 88.2 cm³/mol. The van der Waals surface area contributed by atoms with Gasteiger partial charge in [0.25, 0.3) is 5.91 Å². The molecule has 2 aromatic rings. The third kappa shape index (κ3) is 3.85. The van der Waals surface area contributed by atoms with Crippen LogP contribution in [0.15, 0.2) is 57.2 Å². The van der Waals surface area contributed by atoms with Gasteiger partial charge in [-0.05, 0) is 36.8 Å². The van der Waals surface area contributed by atoms with Crippen LogP contribution in [0.3, 0.4) is 0 Å². The standard InChI is InChI=1S/C16H14F3N3O3S/c1-9-7-13(26(24,25)10-5-3-2-4-6-10)12(16(17,18)19)8-11(9)14(23)22-15(20)21/h2-8H,1H3,(H4,20,21,22,23). The fourth-order valence-corrected chi connectivity index (χ4v) is 3.83. The summed E-state index contributed by atoms with van der Waals surface area (Å²) in [5.74, 6) is -1.72. The van der Waals surface area contributed by atoms with Crippen molar-refractivity contribution in [2.45, 2.75) is 22.9 Å². The van der Waals surface area contributed by atoms with E-state index in [1.54, 1.807) is 0 Å². The number of carbonyl (C=O) groups is 1. The van der Waals surface area contributed by atoms with E-state index >= 15 is 0 Å². The van der Waals surface area contributed by atoms with E-state index in [-0.39, 0.29) is 10.5 Å². The summed E-state index contributed by atoms with van der Waals surface area (Å²) in [7, 11) is -4.46. The first-order chi connectivity index (χ1) is 11.9. The Morgan fingerprint density at radius 2 is 1.65 bits per heavy atom. The lowest BCUT2D eigenvalue weighted by Gasteiger charge is -2.16. The summed E-state index contributed by atoms with van der Waals surface area (Å²) in [5, 5.41) is 0. The van der Waals surface area contributed by atoms with Gasteiger partial charge in [-0.25, -0.2) is 8.42 Å². The number of aryl methyl sites for hydroxylation is 1. The Balaban J connectivity index is 2.78.